The van der Waals surface area contributed by atoms with Gasteiger partial charge in [0.05, 0.1) is 6.04 Å². The van der Waals surface area contributed by atoms with E-state index in [9.17, 15) is 9.59 Å². The van der Waals surface area contributed by atoms with Gasteiger partial charge in [-0.05, 0) is 24.4 Å². The fourth-order valence-electron chi connectivity index (χ4n) is 1.69. The predicted molar refractivity (Wildman–Crippen MR) is 70.1 cm³/mol. The van der Waals surface area contributed by atoms with Crippen molar-refractivity contribution in [3.8, 4) is 0 Å². The molecule has 0 spiro atoms. The van der Waals surface area contributed by atoms with Crippen LogP contribution in [0.2, 0.25) is 0 Å². The molecule has 18 heavy (non-hydrogen) atoms. The number of aromatic nitrogens is 1. The molecule has 0 saturated heterocycles. The number of nitrogens with one attached hydrogen (secondary N) is 2. The Morgan fingerprint density at radius 2 is 2.17 bits per heavy atom. The molecule has 5 heteroatoms. The number of aromatic amines is 1. The molecule has 0 aliphatic carbocycles. The summed E-state index contributed by atoms with van der Waals surface area (Å²) in [5.74, 6) is -0.438. The first-order valence-corrected chi connectivity index (χ1v) is 5.71. The van der Waals surface area contributed by atoms with Crippen molar-refractivity contribution < 1.29 is 4.79 Å². The molecule has 2 aromatic rings. The Hall–Kier alpha value is -2.14. The lowest BCUT2D eigenvalue weighted by atomic mass is 10.1. The summed E-state index contributed by atoms with van der Waals surface area (Å²) in [6, 6.07) is 8.90. The minimum absolute atomic E-state index is 0.155. The molecule has 0 aliphatic heterocycles. The van der Waals surface area contributed by atoms with Gasteiger partial charge >= 0.3 is 0 Å². The number of hydrogen-bond acceptors (Lipinski definition) is 3. The van der Waals surface area contributed by atoms with Gasteiger partial charge in [0.2, 0.25) is 5.91 Å². The van der Waals surface area contributed by atoms with Crippen LogP contribution in [0.1, 0.15) is 12.5 Å². The molecule has 94 valence electrons. The highest BCUT2D eigenvalue weighted by molar-refractivity contribution is 5.79. The Bertz CT molecular complexity index is 633. The lowest BCUT2D eigenvalue weighted by Gasteiger charge is -2.09. The molecule has 1 aromatic heterocycles. The van der Waals surface area contributed by atoms with Crippen LogP contribution >= 0.6 is 0 Å². The van der Waals surface area contributed by atoms with E-state index in [-0.39, 0.29) is 5.56 Å². The van der Waals surface area contributed by atoms with Crippen LogP contribution in [0.5, 0.6) is 0 Å². The number of rotatable bonds is 4. The second kappa shape index (κ2) is 5.01. The van der Waals surface area contributed by atoms with Crippen LogP contribution in [0.3, 0.4) is 0 Å². The highest BCUT2D eigenvalue weighted by Gasteiger charge is 2.09. The predicted octanol–water partition coefficient (Wildman–Crippen LogP) is 0.491. The molecular formula is C13H15N3O2. The molecule has 0 fully saturated rings. The van der Waals surface area contributed by atoms with E-state index in [1.54, 1.807) is 6.92 Å². The summed E-state index contributed by atoms with van der Waals surface area (Å²) >= 11 is 0. The number of carbonyl (C=O) groups is 1. The molecule has 1 amide bonds. The van der Waals surface area contributed by atoms with Crippen molar-refractivity contribution in [1.82, 2.24) is 10.3 Å². The zero-order chi connectivity index (χ0) is 13.1. The van der Waals surface area contributed by atoms with Gasteiger partial charge in [0, 0.05) is 17.6 Å². The van der Waals surface area contributed by atoms with Crippen LogP contribution < -0.4 is 16.6 Å². The van der Waals surface area contributed by atoms with Gasteiger partial charge in [0.25, 0.3) is 5.56 Å². The summed E-state index contributed by atoms with van der Waals surface area (Å²) in [5.41, 5.74) is 6.37. The van der Waals surface area contributed by atoms with Crippen molar-refractivity contribution in [3.63, 3.8) is 0 Å². The Kier molecular flexibility index (Phi) is 3.43. The highest BCUT2D eigenvalue weighted by Crippen LogP contribution is 2.09. The van der Waals surface area contributed by atoms with E-state index in [1.165, 1.54) is 0 Å². The zero-order valence-corrected chi connectivity index (χ0v) is 10.1. The molecule has 0 bridgehead atoms. The molecule has 0 radical (unpaired) electrons. The SMILES string of the molecule is CC(NCc1cc2ccccc2[nH]c1=O)C(N)=O. The third-order valence-corrected chi connectivity index (χ3v) is 2.86. The minimum Gasteiger partial charge on any atom is -0.368 e. The molecule has 2 rings (SSSR count). The molecule has 1 atom stereocenters. The summed E-state index contributed by atoms with van der Waals surface area (Å²) in [6.45, 7) is 1.97. The summed E-state index contributed by atoms with van der Waals surface area (Å²) in [4.78, 5) is 25.5. The minimum atomic E-state index is -0.462. The third-order valence-electron chi connectivity index (χ3n) is 2.86. The number of carbonyl (C=O) groups excluding carboxylic acids is 1. The van der Waals surface area contributed by atoms with Crippen LogP contribution in [0.25, 0.3) is 10.9 Å². The quantitative estimate of drug-likeness (QED) is 0.732. The maximum absolute atomic E-state index is 11.8. The van der Waals surface area contributed by atoms with E-state index in [1.807, 2.05) is 30.3 Å². The van der Waals surface area contributed by atoms with Crippen molar-refractivity contribution in [2.45, 2.75) is 19.5 Å². The summed E-state index contributed by atoms with van der Waals surface area (Å²) < 4.78 is 0. The Morgan fingerprint density at radius 3 is 2.89 bits per heavy atom. The van der Waals surface area contributed by atoms with Crippen molar-refractivity contribution in [2.24, 2.45) is 5.73 Å². The first-order chi connectivity index (χ1) is 8.58. The van der Waals surface area contributed by atoms with E-state index in [2.05, 4.69) is 10.3 Å². The average molecular weight is 245 g/mol. The van der Waals surface area contributed by atoms with E-state index >= 15 is 0 Å². The number of benzene rings is 1. The van der Waals surface area contributed by atoms with Crippen molar-refractivity contribution in [2.75, 3.05) is 0 Å². The number of H-pyrrole nitrogens is 1. The smallest absolute Gasteiger partial charge is 0.252 e. The first kappa shape index (κ1) is 12.3. The lowest BCUT2D eigenvalue weighted by Crippen LogP contribution is -2.39. The molecular weight excluding hydrogens is 230 g/mol. The van der Waals surface area contributed by atoms with Gasteiger partial charge in [-0.3, -0.25) is 9.59 Å². The molecule has 4 N–H and O–H groups in total. The monoisotopic (exact) mass is 245 g/mol. The number of pyridine rings is 1. The number of amides is 1. The molecule has 1 unspecified atom stereocenters. The Balaban J connectivity index is 2.26. The van der Waals surface area contributed by atoms with Gasteiger partial charge in [-0.15, -0.1) is 0 Å². The second-order valence-corrected chi connectivity index (χ2v) is 4.22. The fraction of sp³-hybridized carbons (Fsp3) is 0.231. The number of nitrogens with two attached hydrogens (primary N) is 1. The van der Waals surface area contributed by atoms with Crippen LogP contribution in [-0.4, -0.2) is 16.9 Å². The molecule has 1 heterocycles. The number of para-hydroxylation sites is 1. The van der Waals surface area contributed by atoms with Gasteiger partial charge in [-0.1, -0.05) is 18.2 Å². The zero-order valence-electron chi connectivity index (χ0n) is 10.1. The van der Waals surface area contributed by atoms with Crippen molar-refractivity contribution in [3.05, 3.63) is 46.2 Å². The molecule has 0 aliphatic rings. The lowest BCUT2D eigenvalue weighted by molar-refractivity contribution is -0.119. The molecule has 1 aromatic carbocycles. The van der Waals surface area contributed by atoms with E-state index < -0.39 is 11.9 Å². The topological polar surface area (TPSA) is 88.0 Å². The van der Waals surface area contributed by atoms with E-state index in [4.69, 9.17) is 5.73 Å². The van der Waals surface area contributed by atoms with Gasteiger partial charge in [-0.2, -0.15) is 0 Å². The summed E-state index contributed by atoms with van der Waals surface area (Å²) in [6.07, 6.45) is 0. The van der Waals surface area contributed by atoms with Crippen molar-refractivity contribution in [1.29, 1.82) is 0 Å². The second-order valence-electron chi connectivity index (χ2n) is 4.22. The summed E-state index contributed by atoms with van der Waals surface area (Å²) in [5, 5.41) is 3.87. The van der Waals surface area contributed by atoms with Gasteiger partial charge < -0.3 is 16.0 Å². The maximum Gasteiger partial charge on any atom is 0.252 e. The van der Waals surface area contributed by atoms with Gasteiger partial charge in [0.1, 0.15) is 0 Å². The summed E-state index contributed by atoms with van der Waals surface area (Å²) in [7, 11) is 0. The van der Waals surface area contributed by atoms with Crippen LogP contribution in [0.4, 0.5) is 0 Å². The maximum atomic E-state index is 11.8. The molecule has 5 nitrogen and oxygen atoms in total. The number of primary amides is 1. The van der Waals surface area contributed by atoms with Gasteiger partial charge in [-0.25, -0.2) is 0 Å². The van der Waals surface area contributed by atoms with Crippen LogP contribution in [0, 0.1) is 0 Å². The first-order valence-electron chi connectivity index (χ1n) is 5.71. The van der Waals surface area contributed by atoms with E-state index in [0.29, 0.717) is 12.1 Å². The third kappa shape index (κ3) is 2.57. The highest BCUT2D eigenvalue weighted by atomic mass is 16.1. The van der Waals surface area contributed by atoms with Gasteiger partial charge in [0.15, 0.2) is 0 Å². The normalized spacial score (nSPS) is 12.5. The average Bonchev–Trinajstić information content (AvgIpc) is 2.35. The van der Waals surface area contributed by atoms with Crippen molar-refractivity contribution >= 4 is 16.8 Å². The van der Waals surface area contributed by atoms with Crippen LogP contribution in [0.15, 0.2) is 35.1 Å². The Labute approximate surface area is 104 Å². The number of fused-ring (bicyclic) bond motifs is 1. The molecule has 0 saturated carbocycles. The van der Waals surface area contributed by atoms with Crippen LogP contribution in [-0.2, 0) is 11.3 Å². The Morgan fingerprint density at radius 1 is 1.44 bits per heavy atom. The number of hydrogen-bond donors (Lipinski definition) is 3. The fourth-order valence-corrected chi connectivity index (χ4v) is 1.69. The van der Waals surface area contributed by atoms with E-state index in [0.717, 1.165) is 10.9 Å². The standard InChI is InChI=1S/C13H15N3O2/c1-8(12(14)17)15-7-10-6-9-4-2-3-5-11(9)16-13(10)18/h2-6,8,15H,7H2,1H3,(H2,14,17)(H,16,18). The largest absolute Gasteiger partial charge is 0.368 e.